The van der Waals surface area contributed by atoms with E-state index in [2.05, 4.69) is 6.92 Å². The molecule has 0 aromatic heterocycles. The van der Waals surface area contributed by atoms with Crippen LogP contribution in [0.3, 0.4) is 0 Å². The highest BCUT2D eigenvalue weighted by molar-refractivity contribution is 7.85. The van der Waals surface area contributed by atoms with Crippen molar-refractivity contribution in [1.82, 2.24) is 0 Å². The number of nitrogens with two attached hydrogens (primary N) is 1. The van der Waals surface area contributed by atoms with Crippen LogP contribution in [0, 0.1) is 11.7 Å². The predicted molar refractivity (Wildman–Crippen MR) is 73.3 cm³/mol. The van der Waals surface area contributed by atoms with Gasteiger partial charge < -0.3 is 5.73 Å². The largest absolute Gasteiger partial charge is 0.398 e. The molecule has 3 unspecified atom stereocenters. The lowest BCUT2D eigenvalue weighted by molar-refractivity contribution is 0.355. The van der Waals surface area contributed by atoms with Gasteiger partial charge in [-0.25, -0.2) is 4.39 Å². The molecule has 1 aromatic rings. The molecule has 0 aliphatic heterocycles. The maximum atomic E-state index is 13.3. The Morgan fingerprint density at radius 1 is 1.39 bits per heavy atom. The molecule has 1 fully saturated rings. The van der Waals surface area contributed by atoms with Crippen molar-refractivity contribution in [3.63, 3.8) is 0 Å². The van der Waals surface area contributed by atoms with Crippen LogP contribution in [0.4, 0.5) is 10.1 Å². The van der Waals surface area contributed by atoms with Crippen LogP contribution in [0.2, 0.25) is 0 Å². The molecule has 3 atom stereocenters. The summed E-state index contributed by atoms with van der Waals surface area (Å²) in [4.78, 5) is 0.473. The van der Waals surface area contributed by atoms with E-state index in [-0.39, 0.29) is 11.1 Å². The lowest BCUT2D eigenvalue weighted by atomic mass is 9.87. The van der Waals surface area contributed by atoms with E-state index < -0.39 is 10.8 Å². The Balaban J connectivity index is 2.26. The zero-order valence-corrected chi connectivity index (χ0v) is 11.5. The van der Waals surface area contributed by atoms with Gasteiger partial charge in [-0.3, -0.25) is 4.21 Å². The average molecular weight is 269 g/mol. The van der Waals surface area contributed by atoms with E-state index >= 15 is 0 Å². The highest BCUT2D eigenvalue weighted by atomic mass is 32.2. The van der Waals surface area contributed by atoms with Gasteiger partial charge in [-0.15, -0.1) is 0 Å². The number of benzene rings is 1. The maximum Gasteiger partial charge on any atom is 0.124 e. The molecule has 1 aliphatic rings. The first-order chi connectivity index (χ1) is 8.63. The van der Waals surface area contributed by atoms with E-state index in [1.165, 1.54) is 24.6 Å². The molecular weight excluding hydrogens is 249 g/mol. The first kappa shape index (κ1) is 13.5. The molecule has 4 heteroatoms. The van der Waals surface area contributed by atoms with E-state index in [0.29, 0.717) is 16.5 Å². The second-order valence-electron chi connectivity index (χ2n) is 4.97. The third kappa shape index (κ3) is 2.74. The summed E-state index contributed by atoms with van der Waals surface area (Å²) in [5.74, 6) is 0.110. The van der Waals surface area contributed by atoms with Crippen molar-refractivity contribution in [3.8, 4) is 0 Å². The zero-order valence-electron chi connectivity index (χ0n) is 10.7. The van der Waals surface area contributed by atoms with Gasteiger partial charge in [-0.1, -0.05) is 26.2 Å². The highest BCUT2D eigenvalue weighted by Crippen LogP contribution is 2.34. The fourth-order valence-electron chi connectivity index (χ4n) is 2.77. The minimum atomic E-state index is -1.19. The zero-order chi connectivity index (χ0) is 13.1. The Morgan fingerprint density at radius 3 is 2.83 bits per heavy atom. The van der Waals surface area contributed by atoms with Crippen molar-refractivity contribution < 1.29 is 8.60 Å². The molecule has 2 nitrogen and oxygen atoms in total. The van der Waals surface area contributed by atoms with Crippen LogP contribution in [-0.2, 0) is 10.8 Å². The lowest BCUT2D eigenvalue weighted by Gasteiger charge is -2.30. The van der Waals surface area contributed by atoms with Crippen LogP contribution in [0.5, 0.6) is 0 Å². The topological polar surface area (TPSA) is 43.1 Å². The Labute approximate surface area is 110 Å². The summed E-state index contributed by atoms with van der Waals surface area (Å²) in [5.41, 5.74) is 6.26. The van der Waals surface area contributed by atoms with Gasteiger partial charge in [0.25, 0.3) is 0 Å². The molecule has 0 heterocycles. The van der Waals surface area contributed by atoms with E-state index in [1.54, 1.807) is 0 Å². The van der Waals surface area contributed by atoms with E-state index in [1.807, 2.05) is 0 Å². The molecule has 18 heavy (non-hydrogen) atoms. The van der Waals surface area contributed by atoms with Crippen LogP contribution in [0.1, 0.15) is 39.0 Å². The van der Waals surface area contributed by atoms with E-state index in [0.717, 1.165) is 25.7 Å². The van der Waals surface area contributed by atoms with Gasteiger partial charge in [0.1, 0.15) is 5.82 Å². The number of hydrogen-bond acceptors (Lipinski definition) is 2. The SMILES string of the molecule is CCC1CCCCC1S(=O)c1cc(F)ccc1N. The van der Waals surface area contributed by atoms with Crippen molar-refractivity contribution in [3.05, 3.63) is 24.0 Å². The molecule has 0 saturated heterocycles. The maximum absolute atomic E-state index is 13.3. The number of anilines is 1. The Kier molecular flexibility index (Phi) is 4.38. The first-order valence-corrected chi connectivity index (χ1v) is 7.80. The number of hydrogen-bond donors (Lipinski definition) is 1. The summed E-state index contributed by atoms with van der Waals surface area (Å²) in [7, 11) is -1.19. The Morgan fingerprint density at radius 2 is 2.11 bits per heavy atom. The number of halogens is 1. The third-order valence-corrected chi connectivity index (χ3v) is 5.79. The summed E-state index contributed by atoms with van der Waals surface area (Å²) < 4.78 is 25.9. The number of nitrogen functional groups attached to an aromatic ring is 1. The molecule has 1 aromatic carbocycles. The summed E-state index contributed by atoms with van der Waals surface area (Å²) in [6.07, 6.45) is 5.45. The molecule has 0 amide bonds. The summed E-state index contributed by atoms with van der Waals surface area (Å²) in [5, 5.41) is 0.132. The quantitative estimate of drug-likeness (QED) is 0.854. The lowest BCUT2D eigenvalue weighted by Crippen LogP contribution is -2.29. The van der Waals surface area contributed by atoms with Gasteiger partial charge in [0.2, 0.25) is 0 Å². The summed E-state index contributed by atoms with van der Waals surface area (Å²) in [6, 6.07) is 4.15. The van der Waals surface area contributed by atoms with Gasteiger partial charge in [0.15, 0.2) is 0 Å². The fraction of sp³-hybridized carbons (Fsp3) is 0.571. The Bertz CT molecular complexity index is 449. The molecule has 1 aliphatic carbocycles. The van der Waals surface area contributed by atoms with Gasteiger partial charge >= 0.3 is 0 Å². The summed E-state index contributed by atoms with van der Waals surface area (Å²) in [6.45, 7) is 2.13. The van der Waals surface area contributed by atoms with Crippen molar-refractivity contribution in [2.75, 3.05) is 5.73 Å². The van der Waals surface area contributed by atoms with Crippen LogP contribution < -0.4 is 5.73 Å². The highest BCUT2D eigenvalue weighted by Gasteiger charge is 2.30. The van der Waals surface area contributed by atoms with Crippen molar-refractivity contribution in [2.24, 2.45) is 5.92 Å². The third-order valence-electron chi connectivity index (χ3n) is 3.83. The monoisotopic (exact) mass is 269 g/mol. The molecule has 2 N–H and O–H groups in total. The minimum absolute atomic E-state index is 0.132. The van der Waals surface area contributed by atoms with Gasteiger partial charge in [-0.05, 0) is 37.0 Å². The van der Waals surface area contributed by atoms with Gasteiger partial charge in [-0.2, -0.15) is 0 Å². The van der Waals surface area contributed by atoms with Crippen LogP contribution in [0.15, 0.2) is 23.1 Å². The predicted octanol–water partition coefficient (Wildman–Crippen LogP) is 3.48. The molecule has 100 valence electrons. The summed E-state index contributed by atoms with van der Waals surface area (Å²) >= 11 is 0. The molecule has 0 spiro atoms. The minimum Gasteiger partial charge on any atom is -0.398 e. The smallest absolute Gasteiger partial charge is 0.124 e. The Hall–Kier alpha value is -0.900. The van der Waals surface area contributed by atoms with Crippen molar-refractivity contribution in [2.45, 2.75) is 49.2 Å². The van der Waals surface area contributed by atoms with Crippen LogP contribution in [-0.4, -0.2) is 9.46 Å². The molecule has 2 rings (SSSR count). The van der Waals surface area contributed by atoms with E-state index in [4.69, 9.17) is 5.73 Å². The van der Waals surface area contributed by atoms with Crippen LogP contribution in [0.25, 0.3) is 0 Å². The second kappa shape index (κ2) is 5.83. The second-order valence-corrected chi connectivity index (χ2v) is 6.61. The molecule has 0 bridgehead atoms. The van der Waals surface area contributed by atoms with Gasteiger partial charge in [0, 0.05) is 10.9 Å². The molecular formula is C14H20FNOS. The van der Waals surface area contributed by atoms with Gasteiger partial charge in [0.05, 0.1) is 15.7 Å². The van der Waals surface area contributed by atoms with Crippen molar-refractivity contribution in [1.29, 1.82) is 0 Å². The molecule has 0 radical (unpaired) electrons. The van der Waals surface area contributed by atoms with E-state index in [9.17, 15) is 8.60 Å². The standard InChI is InChI=1S/C14H20FNOS/c1-2-10-5-3-4-6-13(10)18(17)14-9-11(15)7-8-12(14)16/h7-10,13H,2-6,16H2,1H3. The first-order valence-electron chi connectivity index (χ1n) is 6.59. The molecule has 1 saturated carbocycles. The van der Waals surface area contributed by atoms with Crippen LogP contribution >= 0.6 is 0 Å². The normalized spacial score (nSPS) is 25.9. The average Bonchev–Trinajstić information content (AvgIpc) is 2.40. The fourth-order valence-corrected chi connectivity index (χ4v) is 4.68. The van der Waals surface area contributed by atoms with Crippen molar-refractivity contribution >= 4 is 16.5 Å². The number of rotatable bonds is 3.